The summed E-state index contributed by atoms with van der Waals surface area (Å²) in [7, 11) is 1.62. The molecule has 1 saturated heterocycles. The summed E-state index contributed by atoms with van der Waals surface area (Å²) in [5, 5.41) is 21.1. The molecule has 21 heavy (non-hydrogen) atoms. The zero-order valence-corrected chi connectivity index (χ0v) is 11.1. The van der Waals surface area contributed by atoms with Crippen molar-refractivity contribution in [3.8, 4) is 5.88 Å². The molecule has 1 aliphatic rings. The standard InChI is InChI=1S/C11H15F3N4O3/c1-15-18-4-6(19)10(20)7(5-18)21-9-3-16-2-8(17-9)11(12,13)14/h2-3,6-7,10,15,19-20H,4-5H2,1H3/t6-,7?,10-/m0/s1. The predicted molar refractivity (Wildman–Crippen MR) is 64.1 cm³/mol. The van der Waals surface area contributed by atoms with Crippen molar-refractivity contribution >= 4 is 0 Å². The maximum atomic E-state index is 12.5. The maximum Gasteiger partial charge on any atom is 0.435 e. The SMILES string of the molecule is CNN1CC(Oc2cncc(C(F)(F)F)n2)[C@@H](O)[C@@H](O)C1. The van der Waals surface area contributed by atoms with E-state index in [0.717, 1.165) is 6.20 Å². The van der Waals surface area contributed by atoms with Crippen molar-refractivity contribution in [2.75, 3.05) is 20.1 Å². The van der Waals surface area contributed by atoms with Gasteiger partial charge in [-0.2, -0.15) is 13.2 Å². The molecule has 1 aromatic rings. The topological polar surface area (TPSA) is 90.7 Å². The highest BCUT2D eigenvalue weighted by atomic mass is 19.4. The number of alkyl halides is 3. The minimum atomic E-state index is -4.63. The first-order chi connectivity index (χ1) is 9.81. The van der Waals surface area contributed by atoms with E-state index in [-0.39, 0.29) is 19.0 Å². The summed E-state index contributed by atoms with van der Waals surface area (Å²) in [5.41, 5.74) is 1.59. The van der Waals surface area contributed by atoms with Crippen molar-refractivity contribution in [2.24, 2.45) is 0 Å². The minimum absolute atomic E-state index is 0.172. The average molecular weight is 308 g/mol. The van der Waals surface area contributed by atoms with Gasteiger partial charge < -0.3 is 14.9 Å². The van der Waals surface area contributed by atoms with E-state index in [2.05, 4.69) is 15.4 Å². The molecule has 2 heterocycles. The molecule has 3 N–H and O–H groups in total. The van der Waals surface area contributed by atoms with Crippen LogP contribution in [0.15, 0.2) is 12.4 Å². The van der Waals surface area contributed by atoms with Gasteiger partial charge in [0.15, 0.2) is 5.69 Å². The Labute approximate surface area is 118 Å². The van der Waals surface area contributed by atoms with Crippen LogP contribution < -0.4 is 10.2 Å². The van der Waals surface area contributed by atoms with E-state index in [1.165, 1.54) is 0 Å². The van der Waals surface area contributed by atoms with Gasteiger partial charge in [-0.1, -0.05) is 0 Å². The van der Waals surface area contributed by atoms with E-state index < -0.39 is 30.2 Å². The van der Waals surface area contributed by atoms with Gasteiger partial charge in [0.2, 0.25) is 5.88 Å². The zero-order chi connectivity index (χ0) is 15.6. The molecular weight excluding hydrogens is 293 g/mol. The van der Waals surface area contributed by atoms with Crippen LogP contribution in [0.25, 0.3) is 0 Å². The van der Waals surface area contributed by atoms with E-state index >= 15 is 0 Å². The quantitative estimate of drug-likeness (QED) is 0.688. The molecule has 1 aliphatic heterocycles. The van der Waals surface area contributed by atoms with Crippen LogP contribution in [0, 0.1) is 0 Å². The number of aliphatic hydroxyl groups excluding tert-OH is 2. The summed E-state index contributed by atoms with van der Waals surface area (Å²) in [5.74, 6) is -0.362. The molecular formula is C11H15F3N4O3. The molecule has 2 rings (SSSR count). The average Bonchev–Trinajstić information content (AvgIpc) is 2.43. The maximum absolute atomic E-state index is 12.5. The van der Waals surface area contributed by atoms with Crippen LogP contribution in [-0.2, 0) is 6.18 Å². The van der Waals surface area contributed by atoms with Crippen LogP contribution in [0.5, 0.6) is 5.88 Å². The summed E-state index contributed by atoms with van der Waals surface area (Å²) in [4.78, 5) is 6.73. The van der Waals surface area contributed by atoms with Crippen LogP contribution in [0.2, 0.25) is 0 Å². The van der Waals surface area contributed by atoms with E-state index in [1.807, 2.05) is 0 Å². The molecule has 10 heteroatoms. The molecule has 0 bridgehead atoms. The number of β-amino-alcohol motifs (C(OH)–C–C–N with tert-alkyl or cyclic N) is 1. The van der Waals surface area contributed by atoms with E-state index in [1.54, 1.807) is 12.1 Å². The molecule has 118 valence electrons. The van der Waals surface area contributed by atoms with Gasteiger partial charge in [0.1, 0.15) is 12.2 Å². The summed E-state index contributed by atoms with van der Waals surface area (Å²) in [6.45, 7) is 0.346. The number of piperidine rings is 1. The Hall–Kier alpha value is -1.49. The fourth-order valence-electron chi connectivity index (χ4n) is 1.97. The minimum Gasteiger partial charge on any atom is -0.469 e. The number of hydrogen-bond donors (Lipinski definition) is 3. The predicted octanol–water partition coefficient (Wildman–Crippen LogP) is -0.585. The first-order valence-electron chi connectivity index (χ1n) is 6.15. The lowest BCUT2D eigenvalue weighted by atomic mass is 10.0. The van der Waals surface area contributed by atoms with Gasteiger partial charge in [-0.25, -0.2) is 9.99 Å². The van der Waals surface area contributed by atoms with Gasteiger partial charge in [-0.3, -0.25) is 10.4 Å². The fraction of sp³-hybridized carbons (Fsp3) is 0.636. The molecule has 0 aromatic carbocycles. The third-order valence-electron chi connectivity index (χ3n) is 3.07. The first kappa shape index (κ1) is 15.9. The summed E-state index contributed by atoms with van der Waals surface area (Å²) < 4.78 is 42.8. The highest BCUT2D eigenvalue weighted by molar-refractivity contribution is 5.11. The Morgan fingerprint density at radius 3 is 2.67 bits per heavy atom. The van der Waals surface area contributed by atoms with E-state index in [9.17, 15) is 23.4 Å². The normalized spacial score (nSPS) is 27.6. The second kappa shape index (κ2) is 6.10. The monoisotopic (exact) mass is 308 g/mol. The number of nitrogens with zero attached hydrogens (tertiary/aromatic N) is 3. The van der Waals surface area contributed by atoms with Crippen molar-refractivity contribution in [1.29, 1.82) is 0 Å². The number of rotatable bonds is 3. The number of aromatic nitrogens is 2. The number of hydrazine groups is 1. The molecule has 0 radical (unpaired) electrons. The molecule has 7 nitrogen and oxygen atoms in total. The van der Waals surface area contributed by atoms with Crippen molar-refractivity contribution in [1.82, 2.24) is 20.4 Å². The van der Waals surface area contributed by atoms with Crippen LogP contribution in [-0.4, -0.2) is 63.6 Å². The molecule has 0 spiro atoms. The third-order valence-corrected chi connectivity index (χ3v) is 3.07. The summed E-state index contributed by atoms with van der Waals surface area (Å²) in [6.07, 6.45) is -6.28. The van der Waals surface area contributed by atoms with Crippen LogP contribution in [0.4, 0.5) is 13.2 Å². The number of ether oxygens (including phenoxy) is 1. The number of hydrogen-bond acceptors (Lipinski definition) is 7. The molecule has 0 aliphatic carbocycles. The summed E-state index contributed by atoms with van der Waals surface area (Å²) in [6, 6.07) is 0. The molecule has 0 amide bonds. The van der Waals surface area contributed by atoms with Gasteiger partial charge in [0.25, 0.3) is 0 Å². The van der Waals surface area contributed by atoms with Crippen LogP contribution in [0.3, 0.4) is 0 Å². The Balaban J connectivity index is 2.13. The highest BCUT2D eigenvalue weighted by Gasteiger charge is 2.37. The van der Waals surface area contributed by atoms with E-state index in [4.69, 9.17) is 4.74 Å². The lowest BCUT2D eigenvalue weighted by molar-refractivity contribution is -0.142. The summed E-state index contributed by atoms with van der Waals surface area (Å²) >= 11 is 0. The second-order valence-corrected chi connectivity index (χ2v) is 4.58. The number of halogens is 3. The first-order valence-corrected chi connectivity index (χ1v) is 6.15. The van der Waals surface area contributed by atoms with Crippen molar-refractivity contribution in [2.45, 2.75) is 24.5 Å². The van der Waals surface area contributed by atoms with Gasteiger partial charge in [-0.15, -0.1) is 0 Å². The zero-order valence-electron chi connectivity index (χ0n) is 11.1. The van der Waals surface area contributed by atoms with Gasteiger partial charge >= 0.3 is 6.18 Å². The van der Waals surface area contributed by atoms with Crippen molar-refractivity contribution in [3.63, 3.8) is 0 Å². The number of aliphatic hydroxyl groups is 2. The second-order valence-electron chi connectivity index (χ2n) is 4.58. The number of nitrogens with one attached hydrogen (secondary N) is 1. The van der Waals surface area contributed by atoms with Gasteiger partial charge in [-0.05, 0) is 7.05 Å². The van der Waals surface area contributed by atoms with Gasteiger partial charge in [0, 0.05) is 6.54 Å². The Kier molecular flexibility index (Phi) is 4.61. The van der Waals surface area contributed by atoms with E-state index in [0.29, 0.717) is 6.20 Å². The Morgan fingerprint density at radius 1 is 1.33 bits per heavy atom. The van der Waals surface area contributed by atoms with Crippen LogP contribution in [0.1, 0.15) is 5.69 Å². The largest absolute Gasteiger partial charge is 0.469 e. The lowest BCUT2D eigenvalue weighted by Gasteiger charge is -2.38. The molecule has 1 fully saturated rings. The molecule has 0 saturated carbocycles. The fourth-order valence-corrected chi connectivity index (χ4v) is 1.97. The van der Waals surface area contributed by atoms with Crippen LogP contribution >= 0.6 is 0 Å². The molecule has 3 atom stereocenters. The molecule has 1 aromatic heterocycles. The molecule has 1 unspecified atom stereocenters. The van der Waals surface area contributed by atoms with Gasteiger partial charge in [0.05, 0.1) is 25.0 Å². The Morgan fingerprint density at radius 2 is 2.05 bits per heavy atom. The third kappa shape index (κ3) is 3.79. The Bertz CT molecular complexity index is 488. The lowest BCUT2D eigenvalue weighted by Crippen LogP contribution is -2.60. The van der Waals surface area contributed by atoms with Crippen molar-refractivity contribution in [3.05, 3.63) is 18.1 Å². The van der Waals surface area contributed by atoms with Crippen molar-refractivity contribution < 1.29 is 28.1 Å². The smallest absolute Gasteiger partial charge is 0.435 e. The highest BCUT2D eigenvalue weighted by Crippen LogP contribution is 2.28.